The number of aryl methyl sites for hydroxylation is 1. The fourth-order valence-corrected chi connectivity index (χ4v) is 1.35. The van der Waals surface area contributed by atoms with Crippen molar-refractivity contribution in [1.82, 2.24) is 9.97 Å². The number of nitrogens with one attached hydrogen (secondary N) is 1. The van der Waals surface area contributed by atoms with E-state index in [1.807, 2.05) is 20.8 Å². The van der Waals surface area contributed by atoms with Gasteiger partial charge < -0.3 is 15.5 Å². The molecule has 5 heteroatoms. The van der Waals surface area contributed by atoms with E-state index in [1.54, 1.807) is 13.0 Å². The predicted octanol–water partition coefficient (Wildman–Crippen LogP) is 1.06. The van der Waals surface area contributed by atoms with Gasteiger partial charge in [0.05, 0.1) is 18.8 Å². The zero-order valence-electron chi connectivity index (χ0n) is 10.9. The van der Waals surface area contributed by atoms with Crippen molar-refractivity contribution in [3.8, 4) is 0 Å². The average molecular weight is 239 g/mol. The topological polar surface area (TPSA) is 78.3 Å². The van der Waals surface area contributed by atoms with Gasteiger partial charge in [-0.3, -0.25) is 0 Å². The van der Waals surface area contributed by atoms with E-state index in [2.05, 4.69) is 15.3 Å². The molecule has 1 aromatic rings. The van der Waals surface area contributed by atoms with Crippen molar-refractivity contribution in [1.29, 1.82) is 0 Å². The molecule has 0 bridgehead atoms. The van der Waals surface area contributed by atoms with E-state index < -0.39 is 5.54 Å². The molecule has 0 aliphatic rings. The first-order valence-electron chi connectivity index (χ1n) is 5.75. The second-order valence-electron chi connectivity index (χ2n) is 4.91. The van der Waals surface area contributed by atoms with Gasteiger partial charge in [0, 0.05) is 17.7 Å². The maximum atomic E-state index is 9.23. The molecule has 96 valence electrons. The second-order valence-corrected chi connectivity index (χ2v) is 4.91. The van der Waals surface area contributed by atoms with Crippen molar-refractivity contribution in [3.05, 3.63) is 17.6 Å². The van der Waals surface area contributed by atoms with E-state index in [4.69, 9.17) is 0 Å². The summed E-state index contributed by atoms with van der Waals surface area (Å²) in [7, 11) is 0. The fourth-order valence-electron chi connectivity index (χ4n) is 1.35. The third kappa shape index (κ3) is 3.64. The van der Waals surface area contributed by atoms with Gasteiger partial charge in [-0.05, 0) is 13.8 Å². The molecule has 0 saturated carbocycles. The molecule has 0 aliphatic carbocycles. The molecule has 1 rings (SSSR count). The molecule has 0 radical (unpaired) electrons. The van der Waals surface area contributed by atoms with Gasteiger partial charge in [-0.2, -0.15) is 0 Å². The molecule has 0 atom stereocenters. The number of hydrogen-bond donors (Lipinski definition) is 3. The van der Waals surface area contributed by atoms with E-state index in [9.17, 15) is 10.2 Å². The Labute approximate surface area is 102 Å². The number of aliphatic hydroxyl groups excluding tert-OH is 2. The molecule has 0 fully saturated rings. The Balaban J connectivity index is 2.98. The Morgan fingerprint density at radius 3 is 2.35 bits per heavy atom. The molecular weight excluding hydrogens is 218 g/mol. The van der Waals surface area contributed by atoms with Crippen LogP contribution in [0.5, 0.6) is 0 Å². The number of hydrogen-bond acceptors (Lipinski definition) is 5. The number of aliphatic hydroxyl groups is 2. The van der Waals surface area contributed by atoms with Crippen LogP contribution in [0.15, 0.2) is 6.07 Å². The van der Waals surface area contributed by atoms with Crippen LogP contribution >= 0.6 is 0 Å². The van der Waals surface area contributed by atoms with Gasteiger partial charge in [0.25, 0.3) is 0 Å². The normalized spacial score (nSPS) is 11.9. The molecule has 0 saturated heterocycles. The Morgan fingerprint density at radius 1 is 1.29 bits per heavy atom. The number of nitrogens with zero attached hydrogens (tertiary/aromatic N) is 2. The van der Waals surface area contributed by atoms with Crippen LogP contribution in [0, 0.1) is 6.92 Å². The Hall–Kier alpha value is -1.20. The molecule has 17 heavy (non-hydrogen) atoms. The second kappa shape index (κ2) is 5.42. The maximum absolute atomic E-state index is 9.23. The number of aromatic nitrogens is 2. The SMILES string of the molecule is Cc1cc(NC(C)(CO)CO)nc(C(C)C)n1. The highest BCUT2D eigenvalue weighted by atomic mass is 16.3. The van der Waals surface area contributed by atoms with Crippen LogP contribution in [0.4, 0.5) is 5.82 Å². The largest absolute Gasteiger partial charge is 0.394 e. The molecule has 3 N–H and O–H groups in total. The van der Waals surface area contributed by atoms with E-state index in [-0.39, 0.29) is 19.1 Å². The fraction of sp³-hybridized carbons (Fsp3) is 0.667. The number of anilines is 1. The summed E-state index contributed by atoms with van der Waals surface area (Å²) >= 11 is 0. The summed E-state index contributed by atoms with van der Waals surface area (Å²) in [5, 5.41) is 21.5. The first kappa shape index (κ1) is 13.9. The van der Waals surface area contributed by atoms with E-state index in [0.29, 0.717) is 5.82 Å². The van der Waals surface area contributed by atoms with Gasteiger partial charge in [-0.1, -0.05) is 13.8 Å². The van der Waals surface area contributed by atoms with Gasteiger partial charge in [-0.25, -0.2) is 9.97 Å². The minimum Gasteiger partial charge on any atom is -0.394 e. The van der Waals surface area contributed by atoms with Gasteiger partial charge in [0.2, 0.25) is 0 Å². The molecule has 0 aliphatic heterocycles. The smallest absolute Gasteiger partial charge is 0.133 e. The summed E-state index contributed by atoms with van der Waals surface area (Å²) in [4.78, 5) is 8.71. The first-order chi connectivity index (χ1) is 7.90. The highest BCUT2D eigenvalue weighted by Crippen LogP contribution is 2.17. The third-order valence-corrected chi connectivity index (χ3v) is 2.52. The summed E-state index contributed by atoms with van der Waals surface area (Å²) in [5.41, 5.74) is 0.0964. The van der Waals surface area contributed by atoms with Crippen LogP contribution in [-0.2, 0) is 0 Å². The van der Waals surface area contributed by atoms with Crippen LogP contribution in [0.1, 0.15) is 38.2 Å². The molecule has 0 spiro atoms. The lowest BCUT2D eigenvalue weighted by atomic mass is 10.1. The minimum absolute atomic E-state index is 0.163. The van der Waals surface area contributed by atoms with Gasteiger partial charge in [-0.15, -0.1) is 0 Å². The lowest BCUT2D eigenvalue weighted by molar-refractivity contribution is 0.147. The minimum atomic E-state index is -0.769. The van der Waals surface area contributed by atoms with E-state index >= 15 is 0 Å². The van der Waals surface area contributed by atoms with Gasteiger partial charge in [0.15, 0.2) is 0 Å². The van der Waals surface area contributed by atoms with Crippen LogP contribution in [0.3, 0.4) is 0 Å². The van der Waals surface area contributed by atoms with Crippen LogP contribution in [-0.4, -0.2) is 38.9 Å². The standard InChI is InChI=1S/C12H21N3O2/c1-8(2)11-13-9(3)5-10(14-11)15-12(4,6-16)7-17/h5,8,16-17H,6-7H2,1-4H3,(H,13,14,15). The highest BCUT2D eigenvalue weighted by Gasteiger charge is 2.22. The summed E-state index contributed by atoms with van der Waals surface area (Å²) in [6.45, 7) is 7.35. The molecule has 1 heterocycles. The maximum Gasteiger partial charge on any atom is 0.133 e. The van der Waals surface area contributed by atoms with E-state index in [1.165, 1.54) is 0 Å². The highest BCUT2D eigenvalue weighted by molar-refractivity contribution is 5.39. The first-order valence-corrected chi connectivity index (χ1v) is 5.75. The summed E-state index contributed by atoms with van der Waals surface area (Å²) < 4.78 is 0. The predicted molar refractivity (Wildman–Crippen MR) is 67.1 cm³/mol. The summed E-state index contributed by atoms with van der Waals surface area (Å²) in [6.07, 6.45) is 0. The molecule has 1 aromatic heterocycles. The van der Waals surface area contributed by atoms with Crippen molar-refractivity contribution in [2.75, 3.05) is 18.5 Å². The van der Waals surface area contributed by atoms with Crippen molar-refractivity contribution >= 4 is 5.82 Å². The van der Waals surface area contributed by atoms with E-state index in [0.717, 1.165) is 11.5 Å². The molecular formula is C12H21N3O2. The van der Waals surface area contributed by atoms with Crippen LogP contribution in [0.2, 0.25) is 0 Å². The lowest BCUT2D eigenvalue weighted by Gasteiger charge is -2.27. The van der Waals surface area contributed by atoms with Crippen molar-refractivity contribution in [2.45, 2.75) is 39.2 Å². The Morgan fingerprint density at radius 2 is 1.88 bits per heavy atom. The number of rotatable bonds is 5. The molecule has 0 unspecified atom stereocenters. The molecule has 0 amide bonds. The Kier molecular flexibility index (Phi) is 4.42. The van der Waals surface area contributed by atoms with Crippen molar-refractivity contribution in [3.63, 3.8) is 0 Å². The summed E-state index contributed by atoms with van der Waals surface area (Å²) in [5.74, 6) is 1.63. The van der Waals surface area contributed by atoms with Crippen LogP contribution in [0.25, 0.3) is 0 Å². The summed E-state index contributed by atoms with van der Waals surface area (Å²) in [6, 6.07) is 1.80. The Bertz CT molecular complexity index is 376. The average Bonchev–Trinajstić information content (AvgIpc) is 2.28. The zero-order chi connectivity index (χ0) is 13.1. The van der Waals surface area contributed by atoms with Crippen molar-refractivity contribution in [2.24, 2.45) is 0 Å². The zero-order valence-corrected chi connectivity index (χ0v) is 10.9. The monoisotopic (exact) mass is 239 g/mol. The molecule has 0 aromatic carbocycles. The van der Waals surface area contributed by atoms with Crippen LogP contribution < -0.4 is 5.32 Å². The molecule has 5 nitrogen and oxygen atoms in total. The third-order valence-electron chi connectivity index (χ3n) is 2.52. The van der Waals surface area contributed by atoms with Gasteiger partial charge in [0.1, 0.15) is 11.6 Å². The quantitative estimate of drug-likeness (QED) is 0.716. The van der Waals surface area contributed by atoms with Gasteiger partial charge >= 0.3 is 0 Å². The van der Waals surface area contributed by atoms with Crippen molar-refractivity contribution < 1.29 is 10.2 Å². The lowest BCUT2D eigenvalue weighted by Crippen LogP contribution is -2.42.